The molecule has 0 unspecified atom stereocenters. The van der Waals surface area contributed by atoms with Crippen molar-refractivity contribution >= 4 is 17.6 Å². The van der Waals surface area contributed by atoms with Gasteiger partial charge in [0.25, 0.3) is 5.56 Å². The summed E-state index contributed by atoms with van der Waals surface area (Å²) in [5, 5.41) is 1.22. The number of rotatable bonds is 4. The van der Waals surface area contributed by atoms with Gasteiger partial charge in [-0.25, -0.2) is 15.0 Å². The van der Waals surface area contributed by atoms with Crippen LogP contribution >= 0.6 is 11.8 Å². The zero-order chi connectivity index (χ0) is 13.8. The van der Waals surface area contributed by atoms with Crippen LogP contribution in [0.25, 0.3) is 0 Å². The molecule has 19 heavy (non-hydrogen) atoms. The van der Waals surface area contributed by atoms with Crippen molar-refractivity contribution < 1.29 is 0 Å². The molecule has 7 heteroatoms. The molecule has 0 fully saturated rings. The minimum Gasteiger partial charge on any atom is -0.383 e. The predicted molar refractivity (Wildman–Crippen MR) is 74.2 cm³/mol. The molecular formula is C12H15N5OS. The van der Waals surface area contributed by atoms with Crippen LogP contribution in [0.4, 0.5) is 5.82 Å². The molecule has 100 valence electrons. The van der Waals surface area contributed by atoms with E-state index in [0.717, 1.165) is 24.1 Å². The Morgan fingerprint density at radius 2 is 2.21 bits per heavy atom. The highest BCUT2D eigenvalue weighted by Crippen LogP contribution is 2.26. The number of nitrogens with one attached hydrogen (secondary N) is 1. The van der Waals surface area contributed by atoms with Gasteiger partial charge in [0.05, 0.1) is 0 Å². The van der Waals surface area contributed by atoms with Gasteiger partial charge in [0.2, 0.25) is 0 Å². The van der Waals surface area contributed by atoms with E-state index in [0.29, 0.717) is 16.0 Å². The third-order valence-electron chi connectivity index (χ3n) is 2.55. The fourth-order valence-corrected chi connectivity index (χ4v) is 2.41. The molecule has 0 spiro atoms. The Bertz CT molecular complexity index is 640. The maximum atomic E-state index is 11.6. The van der Waals surface area contributed by atoms with Crippen LogP contribution in [0.15, 0.2) is 27.4 Å². The van der Waals surface area contributed by atoms with E-state index in [4.69, 9.17) is 5.73 Å². The fraction of sp³-hybridized carbons (Fsp3) is 0.333. The fourth-order valence-electron chi connectivity index (χ4n) is 1.56. The van der Waals surface area contributed by atoms with Crippen LogP contribution in [0.5, 0.6) is 0 Å². The van der Waals surface area contributed by atoms with Gasteiger partial charge in [0.15, 0.2) is 5.16 Å². The summed E-state index contributed by atoms with van der Waals surface area (Å²) < 4.78 is 0. The van der Waals surface area contributed by atoms with Crippen molar-refractivity contribution in [2.75, 3.05) is 5.73 Å². The van der Waals surface area contributed by atoms with Gasteiger partial charge in [0, 0.05) is 17.3 Å². The van der Waals surface area contributed by atoms with Crippen LogP contribution in [0.3, 0.4) is 0 Å². The van der Waals surface area contributed by atoms with Crippen LogP contribution in [0.1, 0.15) is 24.6 Å². The van der Waals surface area contributed by atoms with Crippen molar-refractivity contribution in [3.8, 4) is 0 Å². The molecule has 0 amide bonds. The molecule has 0 saturated heterocycles. The van der Waals surface area contributed by atoms with E-state index in [-0.39, 0.29) is 5.56 Å². The SMILES string of the molecule is CCCc1cc(=O)[nH]c(Sc2ncnc(N)c2C)n1. The van der Waals surface area contributed by atoms with Crippen LogP contribution in [-0.2, 0) is 6.42 Å². The molecule has 6 nitrogen and oxygen atoms in total. The normalized spacial score (nSPS) is 10.6. The standard InChI is InChI=1S/C12H15N5OS/c1-3-4-8-5-9(18)17-12(16-8)19-11-7(2)10(13)14-6-15-11/h5-6H,3-4H2,1-2H3,(H2,13,14,15)(H,16,17,18). The minimum absolute atomic E-state index is 0.152. The lowest BCUT2D eigenvalue weighted by Crippen LogP contribution is -2.10. The lowest BCUT2D eigenvalue weighted by Gasteiger charge is -2.06. The molecule has 2 heterocycles. The molecule has 0 atom stereocenters. The summed E-state index contributed by atoms with van der Waals surface area (Å²) in [4.78, 5) is 26.7. The Balaban J connectivity index is 2.32. The molecule has 0 bridgehead atoms. The van der Waals surface area contributed by atoms with Gasteiger partial charge < -0.3 is 10.7 Å². The average molecular weight is 277 g/mol. The highest BCUT2D eigenvalue weighted by atomic mass is 32.2. The monoisotopic (exact) mass is 277 g/mol. The molecule has 2 aromatic heterocycles. The summed E-state index contributed by atoms with van der Waals surface area (Å²) in [6, 6.07) is 1.52. The van der Waals surface area contributed by atoms with E-state index < -0.39 is 0 Å². The third kappa shape index (κ3) is 3.31. The van der Waals surface area contributed by atoms with Crippen molar-refractivity contribution in [1.29, 1.82) is 0 Å². The zero-order valence-electron chi connectivity index (χ0n) is 10.8. The summed E-state index contributed by atoms with van der Waals surface area (Å²) in [7, 11) is 0. The first-order chi connectivity index (χ1) is 9.10. The van der Waals surface area contributed by atoms with Crippen LogP contribution in [0, 0.1) is 6.92 Å². The van der Waals surface area contributed by atoms with E-state index in [1.54, 1.807) is 0 Å². The first-order valence-corrected chi connectivity index (χ1v) is 6.77. The highest BCUT2D eigenvalue weighted by Gasteiger charge is 2.09. The number of aromatic amines is 1. The Morgan fingerprint density at radius 3 is 2.95 bits per heavy atom. The molecule has 0 radical (unpaired) electrons. The Morgan fingerprint density at radius 1 is 1.42 bits per heavy atom. The Labute approximate surface area is 114 Å². The lowest BCUT2D eigenvalue weighted by atomic mass is 10.2. The number of H-pyrrole nitrogens is 1. The van der Waals surface area contributed by atoms with Crippen molar-refractivity contribution in [3.63, 3.8) is 0 Å². The molecule has 0 aliphatic rings. The summed E-state index contributed by atoms with van der Waals surface area (Å²) in [6.45, 7) is 3.89. The largest absolute Gasteiger partial charge is 0.383 e. The van der Waals surface area contributed by atoms with Gasteiger partial charge >= 0.3 is 0 Å². The minimum atomic E-state index is -0.152. The number of nitrogens with two attached hydrogens (primary N) is 1. The van der Waals surface area contributed by atoms with Gasteiger partial charge in [0.1, 0.15) is 17.2 Å². The number of aromatic nitrogens is 4. The number of hydrogen-bond acceptors (Lipinski definition) is 6. The van der Waals surface area contributed by atoms with Gasteiger partial charge in [-0.2, -0.15) is 0 Å². The summed E-state index contributed by atoms with van der Waals surface area (Å²) in [5.41, 5.74) is 7.15. The second-order valence-electron chi connectivity index (χ2n) is 4.08. The van der Waals surface area contributed by atoms with Crippen molar-refractivity contribution in [3.05, 3.63) is 34.0 Å². The first kappa shape index (κ1) is 13.5. The number of aryl methyl sites for hydroxylation is 1. The topological polar surface area (TPSA) is 97.5 Å². The Hall–Kier alpha value is -1.89. The van der Waals surface area contributed by atoms with Crippen molar-refractivity contribution in [2.45, 2.75) is 36.9 Å². The average Bonchev–Trinajstić information content (AvgIpc) is 2.35. The quantitative estimate of drug-likeness (QED) is 0.650. The van der Waals surface area contributed by atoms with Crippen LogP contribution < -0.4 is 11.3 Å². The first-order valence-electron chi connectivity index (χ1n) is 5.95. The maximum Gasteiger partial charge on any atom is 0.251 e. The van der Waals surface area contributed by atoms with Gasteiger partial charge in [-0.3, -0.25) is 4.79 Å². The number of nitrogen functional groups attached to an aromatic ring is 1. The van der Waals surface area contributed by atoms with Crippen LogP contribution in [-0.4, -0.2) is 19.9 Å². The molecule has 2 aromatic rings. The van der Waals surface area contributed by atoms with Gasteiger partial charge in [-0.15, -0.1) is 0 Å². The lowest BCUT2D eigenvalue weighted by molar-refractivity contribution is 0.814. The van der Waals surface area contributed by atoms with Crippen LogP contribution in [0.2, 0.25) is 0 Å². The Kier molecular flexibility index (Phi) is 4.16. The molecular weight excluding hydrogens is 262 g/mol. The molecule has 0 aliphatic carbocycles. The summed E-state index contributed by atoms with van der Waals surface area (Å²) in [6.07, 6.45) is 3.13. The maximum absolute atomic E-state index is 11.6. The highest BCUT2D eigenvalue weighted by molar-refractivity contribution is 7.99. The van der Waals surface area contributed by atoms with E-state index in [1.165, 1.54) is 24.2 Å². The predicted octanol–water partition coefficient (Wildman–Crippen LogP) is 1.55. The van der Waals surface area contributed by atoms with Crippen molar-refractivity contribution in [2.24, 2.45) is 0 Å². The molecule has 3 N–H and O–H groups in total. The second kappa shape index (κ2) is 5.83. The van der Waals surface area contributed by atoms with E-state index in [2.05, 4.69) is 19.9 Å². The van der Waals surface area contributed by atoms with Gasteiger partial charge in [-0.05, 0) is 25.1 Å². The van der Waals surface area contributed by atoms with E-state index in [9.17, 15) is 4.79 Å². The molecule has 0 saturated carbocycles. The zero-order valence-corrected chi connectivity index (χ0v) is 11.6. The van der Waals surface area contributed by atoms with Gasteiger partial charge in [-0.1, -0.05) is 13.3 Å². The summed E-state index contributed by atoms with van der Waals surface area (Å²) in [5.74, 6) is 0.435. The smallest absolute Gasteiger partial charge is 0.251 e. The van der Waals surface area contributed by atoms with E-state index >= 15 is 0 Å². The molecule has 0 aromatic carbocycles. The number of nitrogens with zero attached hydrogens (tertiary/aromatic N) is 3. The second-order valence-corrected chi connectivity index (χ2v) is 5.06. The number of anilines is 1. The van der Waals surface area contributed by atoms with E-state index in [1.807, 2.05) is 13.8 Å². The summed E-state index contributed by atoms with van der Waals surface area (Å²) >= 11 is 1.28. The molecule has 0 aliphatic heterocycles. The third-order valence-corrected chi connectivity index (χ3v) is 3.54. The van der Waals surface area contributed by atoms with Crippen molar-refractivity contribution in [1.82, 2.24) is 19.9 Å². The molecule has 2 rings (SSSR count). The number of hydrogen-bond donors (Lipinski definition) is 2.